The van der Waals surface area contributed by atoms with Crippen molar-refractivity contribution in [3.8, 4) is 11.1 Å². The fourth-order valence-corrected chi connectivity index (χ4v) is 5.73. The topological polar surface area (TPSA) is 82.1 Å². The van der Waals surface area contributed by atoms with Crippen molar-refractivity contribution in [2.75, 3.05) is 29.9 Å². The lowest BCUT2D eigenvalue weighted by Gasteiger charge is -2.40. The lowest BCUT2D eigenvalue weighted by atomic mass is 9.99. The van der Waals surface area contributed by atoms with Gasteiger partial charge in [0.15, 0.2) is 0 Å². The number of hydrogen-bond donors (Lipinski definition) is 2. The highest BCUT2D eigenvalue weighted by Gasteiger charge is 2.38. The molecule has 10 heteroatoms. The summed E-state index contributed by atoms with van der Waals surface area (Å²) in [6, 6.07) is 16.1. The van der Waals surface area contributed by atoms with Gasteiger partial charge in [0.2, 0.25) is 5.91 Å². The molecule has 202 valence electrons. The first kappa shape index (κ1) is 25.4. The van der Waals surface area contributed by atoms with Crippen LogP contribution in [0.3, 0.4) is 0 Å². The lowest BCUT2D eigenvalue weighted by Crippen LogP contribution is -2.50. The molecule has 2 aliphatic heterocycles. The van der Waals surface area contributed by atoms with Gasteiger partial charge in [-0.15, -0.1) is 0 Å². The number of cyclic esters (lactones) is 1. The normalized spacial score (nSPS) is 19.2. The first-order valence-electron chi connectivity index (χ1n) is 12.8. The number of nitrogens with zero attached hydrogens (tertiary/aromatic N) is 2. The quantitative estimate of drug-likeness (QED) is 0.471. The van der Waals surface area contributed by atoms with E-state index in [4.69, 9.17) is 4.74 Å². The number of amides is 2. The zero-order valence-electron chi connectivity index (χ0n) is 20.9. The molecule has 0 bridgehead atoms. The van der Waals surface area contributed by atoms with Crippen LogP contribution in [-0.4, -0.2) is 47.7 Å². The lowest BCUT2D eigenvalue weighted by molar-refractivity contribution is -0.137. The average Bonchev–Trinajstić information content (AvgIpc) is 3.20. The van der Waals surface area contributed by atoms with Gasteiger partial charge in [0.1, 0.15) is 12.7 Å². The number of rotatable bonds is 4. The van der Waals surface area contributed by atoms with E-state index in [0.717, 1.165) is 34.4 Å². The number of aliphatic hydroxyl groups is 1. The van der Waals surface area contributed by atoms with Gasteiger partial charge in [-0.3, -0.25) is 14.6 Å². The maximum Gasteiger partial charge on any atom is 0.416 e. The summed E-state index contributed by atoms with van der Waals surface area (Å²) < 4.78 is 45.2. The molecule has 39 heavy (non-hydrogen) atoms. The number of alkyl halides is 3. The number of halogens is 3. The van der Waals surface area contributed by atoms with E-state index < -0.39 is 23.9 Å². The average molecular weight is 538 g/mol. The van der Waals surface area contributed by atoms with Crippen LogP contribution in [0.1, 0.15) is 41.2 Å². The minimum absolute atomic E-state index is 0.0605. The van der Waals surface area contributed by atoms with Crippen molar-refractivity contribution in [2.24, 2.45) is 0 Å². The molecule has 1 atom stereocenters. The van der Waals surface area contributed by atoms with E-state index in [-0.39, 0.29) is 30.8 Å². The molecule has 6 rings (SSSR count). The zero-order chi connectivity index (χ0) is 27.3. The Morgan fingerprint density at radius 3 is 2.51 bits per heavy atom. The van der Waals surface area contributed by atoms with Gasteiger partial charge in [0.25, 0.3) is 0 Å². The second kappa shape index (κ2) is 9.69. The zero-order valence-corrected chi connectivity index (χ0v) is 20.9. The predicted molar refractivity (Wildman–Crippen MR) is 138 cm³/mol. The monoisotopic (exact) mass is 537 g/mol. The van der Waals surface area contributed by atoms with Crippen molar-refractivity contribution in [2.45, 2.75) is 37.8 Å². The van der Waals surface area contributed by atoms with Crippen LogP contribution in [-0.2, 0) is 22.3 Å². The molecular formula is C29H26F3N3O4. The Kier molecular flexibility index (Phi) is 6.31. The van der Waals surface area contributed by atoms with Crippen molar-refractivity contribution in [1.29, 1.82) is 0 Å². The summed E-state index contributed by atoms with van der Waals surface area (Å²) in [5, 5.41) is 13.5. The number of likely N-dealkylation sites (tertiary alicyclic amines) is 1. The Hall–Kier alpha value is -3.89. The minimum atomic E-state index is -4.51. The molecule has 0 saturated carbocycles. The molecule has 3 aliphatic rings. The van der Waals surface area contributed by atoms with E-state index in [1.165, 1.54) is 11.0 Å². The molecule has 2 N–H and O–H groups in total. The third-order valence-corrected chi connectivity index (χ3v) is 7.69. The first-order chi connectivity index (χ1) is 18.7. The van der Waals surface area contributed by atoms with E-state index in [1.54, 1.807) is 6.07 Å². The predicted octanol–water partition coefficient (Wildman–Crippen LogP) is 5.33. The number of aliphatic hydroxyl groups excluding tert-OH is 1. The van der Waals surface area contributed by atoms with Crippen molar-refractivity contribution in [3.05, 3.63) is 82.9 Å². The number of carbonyl (C=O) groups excluding carboxylic acids is 2. The summed E-state index contributed by atoms with van der Waals surface area (Å²) in [4.78, 5) is 28.7. The number of hydrogen-bond acceptors (Lipinski definition) is 5. The summed E-state index contributed by atoms with van der Waals surface area (Å²) in [5.41, 5.74) is 4.07. The Morgan fingerprint density at radius 1 is 1.00 bits per heavy atom. The van der Waals surface area contributed by atoms with Gasteiger partial charge in [-0.2, -0.15) is 13.2 Å². The molecule has 7 nitrogen and oxygen atoms in total. The summed E-state index contributed by atoms with van der Waals surface area (Å²) >= 11 is 0. The van der Waals surface area contributed by atoms with Crippen LogP contribution in [0.25, 0.3) is 11.1 Å². The third-order valence-electron chi connectivity index (χ3n) is 7.69. The summed E-state index contributed by atoms with van der Waals surface area (Å²) in [6.45, 7) is 1.08. The highest BCUT2D eigenvalue weighted by atomic mass is 19.4. The second-order valence-electron chi connectivity index (χ2n) is 10.1. The number of piperidine rings is 1. The van der Waals surface area contributed by atoms with Crippen molar-refractivity contribution in [3.63, 3.8) is 0 Å². The smallest absolute Gasteiger partial charge is 0.416 e. The van der Waals surface area contributed by atoms with Crippen LogP contribution in [0.5, 0.6) is 0 Å². The van der Waals surface area contributed by atoms with Crippen LogP contribution in [0, 0.1) is 0 Å². The van der Waals surface area contributed by atoms with Gasteiger partial charge >= 0.3 is 12.3 Å². The van der Waals surface area contributed by atoms with Gasteiger partial charge in [0, 0.05) is 30.4 Å². The Labute approximate surface area is 222 Å². The van der Waals surface area contributed by atoms with Gasteiger partial charge in [-0.1, -0.05) is 36.4 Å². The minimum Gasteiger partial charge on any atom is -0.444 e. The van der Waals surface area contributed by atoms with Crippen LogP contribution in [0.15, 0.2) is 60.7 Å². The number of ether oxygens (including phenoxy) is 1. The third kappa shape index (κ3) is 4.74. The summed E-state index contributed by atoms with van der Waals surface area (Å²) in [6.07, 6.45) is -4.87. The van der Waals surface area contributed by atoms with E-state index in [0.29, 0.717) is 37.2 Å². The van der Waals surface area contributed by atoms with E-state index in [1.807, 2.05) is 41.3 Å². The molecule has 0 radical (unpaired) electrons. The standard InChI is InChI=1S/C29H26F3N3O4/c30-29(31,32)18-6-5-17-16-39-28(38)35(25(17)13-18)20-9-11-34(12-10-20)15-26(36)33-19-7-8-23-24(14-19)21-3-1-2-4-22(21)27(23)37/h1-8,13-14,20,27,37H,9-12,15-16H2,(H,33,36). The molecule has 3 aromatic rings. The molecular weight excluding hydrogens is 511 g/mol. The van der Waals surface area contributed by atoms with Gasteiger partial charge in [0.05, 0.1) is 17.8 Å². The van der Waals surface area contributed by atoms with Crippen LogP contribution in [0.2, 0.25) is 0 Å². The molecule has 1 saturated heterocycles. The fraction of sp³-hybridized carbons (Fsp3) is 0.310. The molecule has 0 aromatic heterocycles. The largest absolute Gasteiger partial charge is 0.444 e. The van der Waals surface area contributed by atoms with E-state index in [2.05, 4.69) is 5.32 Å². The Bertz CT molecular complexity index is 1450. The maximum absolute atomic E-state index is 13.3. The molecule has 0 spiro atoms. The summed E-state index contributed by atoms with van der Waals surface area (Å²) in [5.74, 6) is -0.197. The summed E-state index contributed by atoms with van der Waals surface area (Å²) in [7, 11) is 0. The molecule has 1 unspecified atom stereocenters. The molecule has 3 aromatic carbocycles. The molecule has 1 fully saturated rings. The highest BCUT2D eigenvalue weighted by molar-refractivity contribution is 5.94. The SMILES string of the molecule is O=C(CN1CCC(N2C(=O)OCc3ccc(C(F)(F)F)cc32)CC1)Nc1ccc2c(c1)-c1ccccc1C2O. The molecule has 2 heterocycles. The van der Waals surface area contributed by atoms with Crippen LogP contribution in [0.4, 0.5) is 29.3 Å². The first-order valence-corrected chi connectivity index (χ1v) is 12.8. The fourth-order valence-electron chi connectivity index (χ4n) is 5.73. The van der Waals surface area contributed by atoms with Crippen LogP contribution >= 0.6 is 0 Å². The number of carbonyl (C=O) groups is 2. The van der Waals surface area contributed by atoms with E-state index >= 15 is 0 Å². The second-order valence-corrected chi connectivity index (χ2v) is 10.1. The van der Waals surface area contributed by atoms with Crippen molar-refractivity contribution < 1.29 is 32.6 Å². The van der Waals surface area contributed by atoms with Crippen molar-refractivity contribution >= 4 is 23.4 Å². The number of benzene rings is 3. The van der Waals surface area contributed by atoms with Gasteiger partial charge in [-0.25, -0.2) is 4.79 Å². The van der Waals surface area contributed by atoms with Gasteiger partial charge in [-0.05, 0) is 59.4 Å². The van der Waals surface area contributed by atoms with E-state index in [9.17, 15) is 27.9 Å². The molecule has 2 amide bonds. The Morgan fingerprint density at radius 2 is 1.74 bits per heavy atom. The van der Waals surface area contributed by atoms with Crippen molar-refractivity contribution in [1.82, 2.24) is 4.90 Å². The Balaban J connectivity index is 1.09. The van der Waals surface area contributed by atoms with Gasteiger partial charge < -0.3 is 15.2 Å². The number of nitrogens with one attached hydrogen (secondary N) is 1. The maximum atomic E-state index is 13.3. The van der Waals surface area contributed by atoms with Crippen LogP contribution < -0.4 is 10.2 Å². The highest BCUT2D eigenvalue weighted by Crippen LogP contribution is 2.44. The number of fused-ring (bicyclic) bond motifs is 4. The number of anilines is 2. The molecule has 1 aliphatic carbocycles.